The summed E-state index contributed by atoms with van der Waals surface area (Å²) < 4.78 is 1.11. The van der Waals surface area contributed by atoms with Crippen molar-refractivity contribution in [1.82, 2.24) is 9.66 Å². The molecule has 0 aliphatic carbocycles. The average Bonchev–Trinajstić information content (AvgIpc) is 2.80. The van der Waals surface area contributed by atoms with Gasteiger partial charge in [-0.1, -0.05) is 83.4 Å². The van der Waals surface area contributed by atoms with Crippen molar-refractivity contribution >= 4 is 23.1 Å². The van der Waals surface area contributed by atoms with Crippen LogP contribution in [0.25, 0.3) is 11.3 Å². The molecule has 0 radical (unpaired) electrons. The minimum atomic E-state index is -0.576. The number of hydrogen-bond acceptors (Lipinski definition) is 4. The van der Waals surface area contributed by atoms with Crippen molar-refractivity contribution in [3.8, 4) is 11.3 Å². The highest BCUT2D eigenvalue weighted by Gasteiger charge is 2.19. The van der Waals surface area contributed by atoms with Crippen molar-refractivity contribution < 1.29 is 4.79 Å². The lowest BCUT2D eigenvalue weighted by Crippen LogP contribution is -2.24. The van der Waals surface area contributed by atoms with E-state index in [2.05, 4.69) is 10.1 Å². The van der Waals surface area contributed by atoms with Crippen LogP contribution in [0.3, 0.4) is 0 Å². The smallest absolute Gasteiger partial charge is 0.288 e. The molecule has 0 bridgehead atoms. The number of benzene rings is 3. The normalized spacial score (nSPS) is 11.5. The number of carbonyl (C=O) groups is 1. The number of carbonyl (C=O) groups excluding carboxylic acids is 1. The number of nitrogens with zero attached hydrogens (tertiary/aromatic N) is 3. The van der Waals surface area contributed by atoms with Crippen LogP contribution in [0.4, 0.5) is 0 Å². The Morgan fingerprint density at radius 3 is 2.18 bits per heavy atom. The molecule has 0 saturated carbocycles. The molecule has 1 aromatic heterocycles. The Labute approximate surface area is 197 Å². The van der Waals surface area contributed by atoms with Gasteiger partial charge in [0.15, 0.2) is 5.78 Å². The molecule has 6 heteroatoms. The van der Waals surface area contributed by atoms with Crippen molar-refractivity contribution in [3.05, 3.63) is 122 Å². The molecule has 4 rings (SSSR count). The maximum absolute atomic E-state index is 13.5. The molecular formula is C27H22ClN3O2. The van der Waals surface area contributed by atoms with Gasteiger partial charge < -0.3 is 0 Å². The van der Waals surface area contributed by atoms with Crippen LogP contribution >= 0.6 is 11.6 Å². The lowest BCUT2D eigenvalue weighted by molar-refractivity contribution is 0.103. The summed E-state index contributed by atoms with van der Waals surface area (Å²) in [5.41, 5.74) is 4.71. The molecule has 164 valence electrons. The van der Waals surface area contributed by atoms with Crippen LogP contribution in [0.2, 0.25) is 5.02 Å². The molecule has 33 heavy (non-hydrogen) atoms. The monoisotopic (exact) mass is 455 g/mol. The summed E-state index contributed by atoms with van der Waals surface area (Å²) in [5, 5.41) is 4.98. The highest BCUT2D eigenvalue weighted by atomic mass is 35.5. The fraction of sp³-hybridized carbons (Fsp3) is 0.111. The largest absolute Gasteiger partial charge is 0.368 e. The molecule has 0 saturated heterocycles. The van der Waals surface area contributed by atoms with E-state index in [1.54, 1.807) is 31.2 Å². The van der Waals surface area contributed by atoms with Crippen molar-refractivity contribution in [3.63, 3.8) is 0 Å². The molecule has 5 nitrogen and oxygen atoms in total. The van der Waals surface area contributed by atoms with Crippen LogP contribution in [0.15, 0.2) is 88.9 Å². The van der Waals surface area contributed by atoms with Gasteiger partial charge in [0.2, 0.25) is 0 Å². The first-order valence-electron chi connectivity index (χ1n) is 10.5. The topological polar surface area (TPSA) is 64.3 Å². The minimum Gasteiger partial charge on any atom is -0.288 e. The summed E-state index contributed by atoms with van der Waals surface area (Å²) in [4.78, 5) is 30.6. The molecule has 0 unspecified atom stereocenters. The Hall–Kier alpha value is -3.83. The summed E-state index contributed by atoms with van der Waals surface area (Å²) >= 11 is 6.09. The molecule has 0 aliphatic heterocycles. The van der Waals surface area contributed by atoms with Gasteiger partial charge in [0.25, 0.3) is 0 Å². The summed E-state index contributed by atoms with van der Waals surface area (Å²) in [7, 11) is 0. The summed E-state index contributed by atoms with van der Waals surface area (Å²) in [6.07, 6.45) is 1.46. The SMILES string of the molecule is C/C(=N\n1cc(C(=O)c2ccc(C)cc2)c(-c2ccc(C)cc2)nc1=O)c1cccc(Cl)c1. The zero-order chi connectivity index (χ0) is 23.5. The molecule has 0 N–H and O–H groups in total. The zero-order valence-electron chi connectivity index (χ0n) is 18.5. The Bertz CT molecular complexity index is 1420. The van der Waals surface area contributed by atoms with Crippen molar-refractivity contribution in [2.75, 3.05) is 0 Å². The van der Waals surface area contributed by atoms with Gasteiger partial charge in [-0.05, 0) is 38.5 Å². The third kappa shape index (κ3) is 4.99. The van der Waals surface area contributed by atoms with E-state index >= 15 is 0 Å². The number of aryl methyl sites for hydroxylation is 2. The maximum Gasteiger partial charge on any atom is 0.368 e. The second-order valence-electron chi connectivity index (χ2n) is 7.89. The summed E-state index contributed by atoms with van der Waals surface area (Å²) in [6.45, 7) is 5.70. The first-order chi connectivity index (χ1) is 15.8. The van der Waals surface area contributed by atoms with E-state index in [9.17, 15) is 9.59 Å². The standard InChI is InChI=1S/C27H22ClN3O2/c1-17-7-11-20(12-8-17)25-24(26(32)21-13-9-18(2)10-14-21)16-31(27(33)29-25)30-19(3)22-5-4-6-23(28)15-22/h4-16H,1-3H3/b30-19+. The van der Waals surface area contributed by atoms with E-state index in [0.29, 0.717) is 33.1 Å². The first kappa shape index (κ1) is 22.4. The van der Waals surface area contributed by atoms with Crippen molar-refractivity contribution in [2.45, 2.75) is 20.8 Å². The van der Waals surface area contributed by atoms with Crippen LogP contribution in [0.1, 0.15) is 39.5 Å². The van der Waals surface area contributed by atoms with Crippen LogP contribution in [-0.2, 0) is 0 Å². The second-order valence-corrected chi connectivity index (χ2v) is 8.32. The van der Waals surface area contributed by atoms with E-state index in [1.165, 1.54) is 6.20 Å². The van der Waals surface area contributed by atoms with Gasteiger partial charge in [0, 0.05) is 22.3 Å². The Kier molecular flexibility index (Phi) is 6.33. The summed E-state index contributed by atoms with van der Waals surface area (Å²) in [6, 6.07) is 22.0. The summed E-state index contributed by atoms with van der Waals surface area (Å²) in [5.74, 6) is -0.234. The molecule has 1 heterocycles. The molecule has 0 aliphatic rings. The van der Waals surface area contributed by atoms with Gasteiger partial charge in [0.1, 0.15) is 0 Å². The number of hydrogen-bond donors (Lipinski definition) is 0. The van der Waals surface area contributed by atoms with Gasteiger partial charge in [-0.3, -0.25) is 4.79 Å². The lowest BCUT2D eigenvalue weighted by atomic mass is 9.98. The van der Waals surface area contributed by atoms with E-state index in [4.69, 9.17) is 11.6 Å². The van der Waals surface area contributed by atoms with Gasteiger partial charge in [-0.2, -0.15) is 14.8 Å². The highest BCUT2D eigenvalue weighted by molar-refractivity contribution is 6.31. The van der Waals surface area contributed by atoms with E-state index in [0.717, 1.165) is 21.4 Å². The molecule has 0 amide bonds. The number of rotatable bonds is 5. The van der Waals surface area contributed by atoms with Crippen LogP contribution < -0.4 is 5.69 Å². The van der Waals surface area contributed by atoms with Crippen LogP contribution in [0.5, 0.6) is 0 Å². The van der Waals surface area contributed by atoms with E-state index in [1.807, 2.05) is 62.4 Å². The van der Waals surface area contributed by atoms with Crippen molar-refractivity contribution in [1.29, 1.82) is 0 Å². The molecule has 0 spiro atoms. The predicted octanol–water partition coefficient (Wildman–Crippen LogP) is 5.68. The van der Waals surface area contributed by atoms with E-state index < -0.39 is 5.69 Å². The fourth-order valence-electron chi connectivity index (χ4n) is 3.41. The average molecular weight is 456 g/mol. The Morgan fingerprint density at radius 1 is 0.909 bits per heavy atom. The Balaban J connectivity index is 1.88. The second kappa shape index (κ2) is 9.35. The van der Waals surface area contributed by atoms with E-state index in [-0.39, 0.29) is 5.78 Å². The fourth-order valence-corrected chi connectivity index (χ4v) is 3.60. The first-order valence-corrected chi connectivity index (χ1v) is 10.8. The van der Waals surface area contributed by atoms with Crippen LogP contribution in [-0.4, -0.2) is 21.2 Å². The lowest BCUT2D eigenvalue weighted by Gasteiger charge is -2.11. The maximum atomic E-state index is 13.5. The minimum absolute atomic E-state index is 0.234. The van der Waals surface area contributed by atoms with Gasteiger partial charge in [0.05, 0.1) is 17.0 Å². The van der Waals surface area contributed by atoms with Gasteiger partial charge in [-0.25, -0.2) is 4.79 Å². The van der Waals surface area contributed by atoms with Gasteiger partial charge >= 0.3 is 5.69 Å². The molecule has 4 aromatic rings. The molecule has 3 aromatic carbocycles. The van der Waals surface area contributed by atoms with Crippen LogP contribution in [0, 0.1) is 13.8 Å². The molecular weight excluding hydrogens is 434 g/mol. The highest BCUT2D eigenvalue weighted by Crippen LogP contribution is 2.23. The van der Waals surface area contributed by atoms with Crippen molar-refractivity contribution in [2.24, 2.45) is 5.10 Å². The quantitative estimate of drug-likeness (QED) is 0.287. The number of ketones is 1. The number of halogens is 1. The third-order valence-electron chi connectivity index (χ3n) is 5.29. The molecule has 0 fully saturated rings. The predicted molar refractivity (Wildman–Crippen MR) is 132 cm³/mol. The van der Waals surface area contributed by atoms with Gasteiger partial charge in [-0.15, -0.1) is 0 Å². The molecule has 0 atom stereocenters. The Morgan fingerprint density at radius 2 is 1.55 bits per heavy atom. The third-order valence-corrected chi connectivity index (χ3v) is 5.53. The number of aromatic nitrogens is 2. The zero-order valence-corrected chi connectivity index (χ0v) is 19.3.